The summed E-state index contributed by atoms with van der Waals surface area (Å²) in [5.41, 5.74) is 0. The molecule has 0 aromatic rings. The van der Waals surface area contributed by atoms with Gasteiger partial charge in [0.2, 0.25) is 0 Å². The maximum Gasteiger partial charge on any atom is 0.0164 e. The highest BCUT2D eigenvalue weighted by atomic mass is 35.5. The minimum absolute atomic E-state index is 0. The second-order valence-corrected chi connectivity index (χ2v) is 2.41. The van der Waals surface area contributed by atoms with E-state index in [0.717, 1.165) is 6.54 Å². The van der Waals surface area contributed by atoms with E-state index in [0.29, 0.717) is 6.04 Å². The van der Waals surface area contributed by atoms with Gasteiger partial charge < -0.3 is 10.6 Å². The lowest BCUT2D eigenvalue weighted by atomic mass is 10.3. The Morgan fingerprint density at radius 3 is 2.60 bits per heavy atom. The van der Waals surface area contributed by atoms with Crippen LogP contribution in [0.1, 0.15) is 13.3 Å². The molecule has 0 aromatic heterocycles. The zero-order valence-electron chi connectivity index (χ0n) is 6.22. The Hall–Kier alpha value is 0.500. The Balaban J connectivity index is 0. The van der Waals surface area contributed by atoms with Gasteiger partial charge in [0.1, 0.15) is 0 Å². The van der Waals surface area contributed by atoms with Crippen LogP contribution in [0.2, 0.25) is 0 Å². The molecule has 2 N–H and O–H groups in total. The zero-order chi connectivity index (χ0) is 5.82. The highest BCUT2D eigenvalue weighted by Crippen LogP contribution is 1.85. The van der Waals surface area contributed by atoms with Crippen molar-refractivity contribution in [2.45, 2.75) is 19.4 Å². The van der Waals surface area contributed by atoms with Crippen molar-refractivity contribution in [2.75, 3.05) is 19.6 Å². The van der Waals surface area contributed by atoms with Gasteiger partial charge >= 0.3 is 0 Å². The molecule has 0 aromatic carbocycles. The van der Waals surface area contributed by atoms with Gasteiger partial charge in [0, 0.05) is 12.6 Å². The van der Waals surface area contributed by atoms with Crippen molar-refractivity contribution in [3.63, 3.8) is 0 Å². The van der Waals surface area contributed by atoms with Crippen LogP contribution in [0.4, 0.5) is 0 Å². The Morgan fingerprint density at radius 2 is 1.90 bits per heavy atom. The van der Waals surface area contributed by atoms with Gasteiger partial charge in [0.05, 0.1) is 0 Å². The first-order valence-corrected chi connectivity index (χ1v) is 3.33. The lowest BCUT2D eigenvalue weighted by Gasteiger charge is -2.06. The van der Waals surface area contributed by atoms with Crippen molar-refractivity contribution in [1.29, 1.82) is 0 Å². The summed E-state index contributed by atoms with van der Waals surface area (Å²) >= 11 is 0. The summed E-state index contributed by atoms with van der Waals surface area (Å²) in [5.74, 6) is 0. The maximum atomic E-state index is 3.38. The molecule has 1 fully saturated rings. The predicted octanol–water partition coefficient (Wildman–Crippen LogP) is 0.801. The molecule has 1 aliphatic heterocycles. The molecule has 1 saturated heterocycles. The normalized spacial score (nSPS) is 25.5. The molecule has 1 aliphatic rings. The molecule has 4 heteroatoms. The second kappa shape index (κ2) is 7.61. The molecular formula is C6H16Cl2N2. The van der Waals surface area contributed by atoms with E-state index in [1.807, 2.05) is 0 Å². The number of hydrogen-bond donors (Lipinski definition) is 2. The molecular weight excluding hydrogens is 171 g/mol. The van der Waals surface area contributed by atoms with Crippen LogP contribution in [0, 0.1) is 0 Å². The van der Waals surface area contributed by atoms with Crippen LogP contribution < -0.4 is 10.6 Å². The molecule has 0 aliphatic carbocycles. The van der Waals surface area contributed by atoms with E-state index in [-0.39, 0.29) is 24.8 Å². The number of hydrogen-bond acceptors (Lipinski definition) is 2. The molecule has 1 rings (SSSR count). The molecule has 0 bridgehead atoms. The van der Waals surface area contributed by atoms with E-state index < -0.39 is 0 Å². The molecule has 2 nitrogen and oxygen atoms in total. The lowest BCUT2D eigenvalue weighted by molar-refractivity contribution is 0.568. The Labute approximate surface area is 75.0 Å². The lowest BCUT2D eigenvalue weighted by Crippen LogP contribution is -2.31. The number of nitrogens with one attached hydrogen (secondary N) is 2. The van der Waals surface area contributed by atoms with Crippen LogP contribution in [-0.4, -0.2) is 25.7 Å². The van der Waals surface area contributed by atoms with Crippen molar-refractivity contribution in [2.24, 2.45) is 0 Å². The van der Waals surface area contributed by atoms with Crippen LogP contribution in [-0.2, 0) is 0 Å². The third-order valence-corrected chi connectivity index (χ3v) is 1.47. The molecule has 1 atom stereocenters. The Kier molecular flexibility index (Phi) is 9.97. The standard InChI is InChI=1S/C6H14N2.2ClH/c1-6-5-7-3-2-4-8-6;;/h6-8H,2-5H2,1H3;2*1H. The topological polar surface area (TPSA) is 24.1 Å². The van der Waals surface area contributed by atoms with E-state index in [4.69, 9.17) is 0 Å². The Bertz CT molecular complexity index is 62.8. The molecule has 10 heavy (non-hydrogen) atoms. The van der Waals surface area contributed by atoms with E-state index in [1.54, 1.807) is 0 Å². The molecule has 0 radical (unpaired) electrons. The van der Waals surface area contributed by atoms with Crippen molar-refractivity contribution in [3.8, 4) is 0 Å². The van der Waals surface area contributed by atoms with Gasteiger partial charge in [-0.2, -0.15) is 0 Å². The quantitative estimate of drug-likeness (QED) is 0.586. The zero-order valence-corrected chi connectivity index (χ0v) is 7.86. The van der Waals surface area contributed by atoms with Crippen molar-refractivity contribution in [1.82, 2.24) is 10.6 Å². The fourth-order valence-electron chi connectivity index (χ4n) is 0.953. The summed E-state index contributed by atoms with van der Waals surface area (Å²) in [4.78, 5) is 0. The van der Waals surface area contributed by atoms with Crippen LogP contribution in [0.25, 0.3) is 0 Å². The molecule has 1 heterocycles. The van der Waals surface area contributed by atoms with Gasteiger partial charge in [-0.3, -0.25) is 0 Å². The van der Waals surface area contributed by atoms with E-state index in [9.17, 15) is 0 Å². The second-order valence-electron chi connectivity index (χ2n) is 2.41. The minimum atomic E-state index is 0. The van der Waals surface area contributed by atoms with E-state index in [1.165, 1.54) is 19.5 Å². The summed E-state index contributed by atoms with van der Waals surface area (Å²) < 4.78 is 0. The summed E-state index contributed by atoms with van der Waals surface area (Å²) in [6.45, 7) is 5.68. The number of rotatable bonds is 0. The highest BCUT2D eigenvalue weighted by molar-refractivity contribution is 5.85. The first-order chi connectivity index (χ1) is 3.89. The maximum absolute atomic E-state index is 3.38. The van der Waals surface area contributed by atoms with Crippen LogP contribution in [0.5, 0.6) is 0 Å². The summed E-state index contributed by atoms with van der Waals surface area (Å²) in [7, 11) is 0. The summed E-state index contributed by atoms with van der Waals surface area (Å²) in [6.07, 6.45) is 1.27. The molecule has 1 unspecified atom stereocenters. The fraction of sp³-hybridized carbons (Fsp3) is 1.00. The van der Waals surface area contributed by atoms with Gasteiger partial charge in [0.15, 0.2) is 0 Å². The average Bonchev–Trinajstić information content (AvgIpc) is 1.94. The van der Waals surface area contributed by atoms with Crippen LogP contribution >= 0.6 is 24.8 Å². The monoisotopic (exact) mass is 186 g/mol. The van der Waals surface area contributed by atoms with Crippen molar-refractivity contribution in [3.05, 3.63) is 0 Å². The van der Waals surface area contributed by atoms with E-state index in [2.05, 4.69) is 17.6 Å². The molecule has 0 spiro atoms. The largest absolute Gasteiger partial charge is 0.315 e. The smallest absolute Gasteiger partial charge is 0.0164 e. The number of halogens is 2. The van der Waals surface area contributed by atoms with Crippen molar-refractivity contribution < 1.29 is 0 Å². The van der Waals surface area contributed by atoms with Gasteiger partial charge in [-0.15, -0.1) is 24.8 Å². The third kappa shape index (κ3) is 5.30. The average molecular weight is 187 g/mol. The first-order valence-electron chi connectivity index (χ1n) is 3.33. The highest BCUT2D eigenvalue weighted by Gasteiger charge is 2.02. The minimum Gasteiger partial charge on any atom is -0.315 e. The fourth-order valence-corrected chi connectivity index (χ4v) is 0.953. The molecule has 64 valence electrons. The Morgan fingerprint density at radius 1 is 1.20 bits per heavy atom. The van der Waals surface area contributed by atoms with Gasteiger partial charge in [-0.25, -0.2) is 0 Å². The third-order valence-electron chi connectivity index (χ3n) is 1.47. The summed E-state index contributed by atoms with van der Waals surface area (Å²) in [5, 5.41) is 6.72. The van der Waals surface area contributed by atoms with Crippen molar-refractivity contribution >= 4 is 24.8 Å². The van der Waals surface area contributed by atoms with Gasteiger partial charge in [0.25, 0.3) is 0 Å². The molecule has 0 saturated carbocycles. The van der Waals surface area contributed by atoms with Crippen LogP contribution in [0.15, 0.2) is 0 Å². The van der Waals surface area contributed by atoms with E-state index >= 15 is 0 Å². The van der Waals surface area contributed by atoms with Crippen LogP contribution in [0.3, 0.4) is 0 Å². The summed E-state index contributed by atoms with van der Waals surface area (Å²) in [6, 6.07) is 0.664. The SMILES string of the molecule is CC1CNCCCN1.Cl.Cl. The first kappa shape index (κ1) is 13.1. The van der Waals surface area contributed by atoms with Gasteiger partial charge in [-0.1, -0.05) is 0 Å². The van der Waals surface area contributed by atoms with Gasteiger partial charge in [-0.05, 0) is 26.4 Å². The molecule has 0 amide bonds. The predicted molar refractivity (Wildman–Crippen MR) is 49.4 cm³/mol.